The number of sulfonamides is 1. The van der Waals surface area contributed by atoms with Crippen LogP contribution in [-0.2, 0) is 47.0 Å². The number of fused-ring (bicyclic) bond motifs is 3. The van der Waals surface area contributed by atoms with Crippen LogP contribution >= 0.6 is 0 Å². The number of hydrogen-bond donors (Lipinski definition) is 3. The summed E-state index contributed by atoms with van der Waals surface area (Å²) < 4.78 is 60.5. The van der Waals surface area contributed by atoms with Gasteiger partial charge in [-0.15, -0.1) is 0 Å². The lowest BCUT2D eigenvalue weighted by Crippen LogP contribution is -2.58. The summed E-state index contributed by atoms with van der Waals surface area (Å²) in [5.41, 5.74) is -1.52. The summed E-state index contributed by atoms with van der Waals surface area (Å²) in [6, 6.07) is 7.77. The van der Waals surface area contributed by atoms with E-state index in [1.54, 1.807) is 39.0 Å². The van der Waals surface area contributed by atoms with E-state index in [2.05, 4.69) is 15.4 Å². The van der Waals surface area contributed by atoms with Crippen LogP contribution in [-0.4, -0.2) is 90.1 Å². The number of carbonyl (C=O) groups excluding carboxylic acids is 5. The number of ether oxygens (including phenoxy) is 3. The fraction of sp³-hybridized carbons (Fsp3) is 0.537. The first-order chi connectivity index (χ1) is 27.3. The van der Waals surface area contributed by atoms with Gasteiger partial charge in [-0.1, -0.05) is 37.1 Å². The van der Waals surface area contributed by atoms with Crippen LogP contribution in [0.15, 0.2) is 59.5 Å². The van der Waals surface area contributed by atoms with Crippen LogP contribution in [0.5, 0.6) is 5.75 Å². The normalized spacial score (nSPS) is 25.0. The maximum Gasteiger partial charge on any atom is 0.410 e. The van der Waals surface area contributed by atoms with Crippen LogP contribution in [0.4, 0.5) is 14.0 Å². The number of amides is 5. The van der Waals surface area contributed by atoms with Gasteiger partial charge in [0, 0.05) is 24.4 Å². The molecule has 5 atom stereocenters. The Kier molecular flexibility index (Phi) is 12.4. The molecule has 0 radical (unpaired) electrons. The Balaban J connectivity index is 1.25. The number of halogens is 1. The molecule has 314 valence electrons. The summed E-state index contributed by atoms with van der Waals surface area (Å²) in [6.07, 6.45) is 3.69. The molecule has 0 aromatic heterocycles. The summed E-state index contributed by atoms with van der Waals surface area (Å²) in [4.78, 5) is 71.6. The molecule has 3 N–H and O–H groups in total. The predicted octanol–water partition coefficient (Wildman–Crippen LogP) is 4.83. The molecule has 1 saturated heterocycles. The van der Waals surface area contributed by atoms with E-state index >= 15 is 0 Å². The first-order valence-corrected chi connectivity index (χ1v) is 21.2. The van der Waals surface area contributed by atoms with Gasteiger partial charge in [0.2, 0.25) is 11.8 Å². The van der Waals surface area contributed by atoms with E-state index < -0.39 is 81.0 Å². The Labute approximate surface area is 338 Å². The fourth-order valence-electron chi connectivity index (χ4n) is 7.58. The second kappa shape index (κ2) is 17.0. The zero-order valence-corrected chi connectivity index (χ0v) is 34.2. The van der Waals surface area contributed by atoms with Crippen molar-refractivity contribution in [3.8, 4) is 5.75 Å². The Morgan fingerprint density at radius 3 is 2.45 bits per heavy atom. The highest BCUT2D eigenvalue weighted by Crippen LogP contribution is 2.46. The lowest BCUT2D eigenvalue weighted by molar-refractivity contribution is -0.141. The van der Waals surface area contributed by atoms with Crippen LogP contribution < -0.4 is 20.1 Å². The Morgan fingerprint density at radius 1 is 1.02 bits per heavy atom. The SMILES string of the molecule is CC(C)Oc1ccc(S(=O)(=O)NC(=O)[C@@]23C[C@H]2C=CCCCCC[C@H](NC(=O)OC(C)(C)C)C(=O)N2C[C@H](OC(=O)N4Cc5cccc(F)c5C4)C[C@H]2C(=O)N3)cc1. The molecule has 1 aliphatic carbocycles. The van der Waals surface area contributed by atoms with E-state index in [-0.39, 0.29) is 49.9 Å². The Morgan fingerprint density at radius 2 is 1.76 bits per heavy atom. The molecule has 5 amide bonds. The van der Waals surface area contributed by atoms with E-state index in [4.69, 9.17) is 14.2 Å². The molecule has 17 heteroatoms. The van der Waals surface area contributed by atoms with Crippen molar-refractivity contribution >= 4 is 39.9 Å². The number of nitrogens with zero attached hydrogens (tertiary/aromatic N) is 2. The number of benzene rings is 2. The van der Waals surface area contributed by atoms with Gasteiger partial charge in [0.1, 0.15) is 40.9 Å². The van der Waals surface area contributed by atoms with E-state index in [9.17, 15) is 36.8 Å². The van der Waals surface area contributed by atoms with Crippen molar-refractivity contribution < 1.29 is 51.0 Å². The van der Waals surface area contributed by atoms with Crippen molar-refractivity contribution in [1.29, 1.82) is 0 Å². The van der Waals surface area contributed by atoms with E-state index in [0.29, 0.717) is 36.1 Å². The molecular formula is C41H52FN5O10S. The van der Waals surface area contributed by atoms with Crippen molar-refractivity contribution in [2.24, 2.45) is 5.92 Å². The topological polar surface area (TPSA) is 190 Å². The molecule has 3 heterocycles. The number of allylic oxidation sites excluding steroid dienone is 1. The van der Waals surface area contributed by atoms with Gasteiger partial charge in [0.25, 0.3) is 15.9 Å². The zero-order valence-electron chi connectivity index (χ0n) is 33.4. The second-order valence-corrected chi connectivity index (χ2v) is 18.3. The lowest BCUT2D eigenvalue weighted by Gasteiger charge is -2.30. The average molecular weight is 826 g/mol. The second-order valence-electron chi connectivity index (χ2n) is 16.6. The maximum absolute atomic E-state index is 14.5. The van der Waals surface area contributed by atoms with Crippen LogP contribution in [0.25, 0.3) is 0 Å². The van der Waals surface area contributed by atoms with Crippen LogP contribution in [0.2, 0.25) is 0 Å². The van der Waals surface area contributed by atoms with Gasteiger partial charge in [0.05, 0.1) is 24.1 Å². The van der Waals surface area contributed by atoms with Gasteiger partial charge in [-0.25, -0.2) is 27.1 Å². The number of carbonyl (C=O) groups is 5. The molecular weight excluding hydrogens is 774 g/mol. The van der Waals surface area contributed by atoms with Crippen molar-refractivity contribution in [1.82, 2.24) is 25.2 Å². The van der Waals surface area contributed by atoms with Crippen LogP contribution in [0.1, 0.15) is 90.7 Å². The monoisotopic (exact) mass is 825 g/mol. The summed E-state index contributed by atoms with van der Waals surface area (Å²) in [5, 5.41) is 5.45. The minimum atomic E-state index is -4.39. The third kappa shape index (κ3) is 9.91. The number of alkyl carbamates (subject to hydrolysis) is 1. The van der Waals surface area contributed by atoms with Gasteiger partial charge in [-0.3, -0.25) is 19.3 Å². The summed E-state index contributed by atoms with van der Waals surface area (Å²) in [6.45, 7) is 8.58. The highest BCUT2D eigenvalue weighted by Gasteiger charge is 2.62. The molecule has 4 aliphatic rings. The molecule has 2 aromatic carbocycles. The molecule has 15 nitrogen and oxygen atoms in total. The number of hydrogen-bond acceptors (Lipinski definition) is 10. The number of nitrogens with one attached hydrogen (secondary N) is 3. The quantitative estimate of drug-likeness (QED) is 0.326. The van der Waals surface area contributed by atoms with Crippen LogP contribution in [0, 0.1) is 11.7 Å². The Bertz CT molecular complexity index is 2050. The molecule has 0 bridgehead atoms. The molecule has 0 unspecified atom stereocenters. The molecule has 1 saturated carbocycles. The fourth-order valence-corrected chi connectivity index (χ4v) is 8.62. The first-order valence-electron chi connectivity index (χ1n) is 19.7. The highest BCUT2D eigenvalue weighted by molar-refractivity contribution is 7.90. The molecule has 0 spiro atoms. The third-order valence-electron chi connectivity index (χ3n) is 10.5. The first kappa shape index (κ1) is 42.4. The van der Waals surface area contributed by atoms with Crippen molar-refractivity contribution in [2.75, 3.05) is 6.54 Å². The zero-order chi connectivity index (χ0) is 42.0. The molecule has 6 rings (SSSR count). The molecule has 3 aliphatic heterocycles. The average Bonchev–Trinajstić information content (AvgIpc) is 3.43. The molecule has 58 heavy (non-hydrogen) atoms. The predicted molar refractivity (Wildman–Crippen MR) is 208 cm³/mol. The van der Waals surface area contributed by atoms with Crippen LogP contribution in [0.3, 0.4) is 0 Å². The molecule has 2 fully saturated rings. The van der Waals surface area contributed by atoms with Crippen molar-refractivity contribution in [2.45, 2.75) is 133 Å². The van der Waals surface area contributed by atoms with E-state index in [1.165, 1.54) is 40.1 Å². The Hall–Kier alpha value is -5.19. The minimum absolute atomic E-state index is 0.0205. The molecule has 2 aromatic rings. The van der Waals surface area contributed by atoms with Gasteiger partial charge in [-0.05, 0) is 96.2 Å². The summed E-state index contributed by atoms with van der Waals surface area (Å²) in [5.74, 6) is -2.90. The van der Waals surface area contributed by atoms with Gasteiger partial charge >= 0.3 is 12.2 Å². The van der Waals surface area contributed by atoms with Gasteiger partial charge in [-0.2, -0.15) is 0 Å². The number of rotatable bonds is 7. The van der Waals surface area contributed by atoms with Gasteiger partial charge in [0.15, 0.2) is 0 Å². The highest BCUT2D eigenvalue weighted by atomic mass is 32.2. The smallest absolute Gasteiger partial charge is 0.410 e. The van der Waals surface area contributed by atoms with E-state index in [0.717, 1.165) is 6.42 Å². The third-order valence-corrected chi connectivity index (χ3v) is 11.9. The van der Waals surface area contributed by atoms with Gasteiger partial charge < -0.3 is 29.7 Å². The largest absolute Gasteiger partial charge is 0.491 e. The van der Waals surface area contributed by atoms with Crippen molar-refractivity contribution in [3.63, 3.8) is 0 Å². The maximum atomic E-state index is 14.5. The standard InChI is InChI=1S/C41H52FN5O10S/c1-25(2)55-28-16-18-30(19-17-28)58(53,54)45-37(50)41-21-27(41)13-9-7-6-8-10-15-33(43-38(51)57-40(3,4)5)36(49)47-23-29(20-34(47)35(48)44-41)56-39(52)46-22-26-12-11-14-32(42)31(26)24-46/h9,11-14,16-19,25,27,29,33-34H,6-8,10,15,20-24H2,1-5H3,(H,43,51)(H,44,48)(H,45,50)/t27-,29-,33+,34+,41-/m1/s1. The summed E-state index contributed by atoms with van der Waals surface area (Å²) in [7, 11) is -4.39. The van der Waals surface area contributed by atoms with Crippen molar-refractivity contribution in [3.05, 3.63) is 71.6 Å². The lowest BCUT2D eigenvalue weighted by atomic mass is 10.0. The minimum Gasteiger partial charge on any atom is -0.491 e. The summed E-state index contributed by atoms with van der Waals surface area (Å²) >= 11 is 0. The van der Waals surface area contributed by atoms with E-state index in [1.807, 2.05) is 19.9 Å².